The molecule has 4 heteroatoms. The summed E-state index contributed by atoms with van der Waals surface area (Å²) in [6, 6.07) is 6.60. The Kier molecular flexibility index (Phi) is 3.97. The number of nitrogens with two attached hydrogens (primary N) is 1. The van der Waals surface area contributed by atoms with Crippen molar-refractivity contribution in [1.82, 2.24) is 0 Å². The highest BCUT2D eigenvalue weighted by atomic mass is 19.1. The van der Waals surface area contributed by atoms with Gasteiger partial charge < -0.3 is 15.8 Å². The van der Waals surface area contributed by atoms with Gasteiger partial charge in [-0.25, -0.2) is 4.39 Å². The van der Waals surface area contributed by atoms with E-state index in [0.29, 0.717) is 12.2 Å². The van der Waals surface area contributed by atoms with Crippen molar-refractivity contribution in [3.8, 4) is 0 Å². The number of ether oxygens (including phenoxy) is 1. The quantitative estimate of drug-likeness (QED) is 0.844. The fourth-order valence-electron chi connectivity index (χ4n) is 2.21. The Bertz CT molecular complexity index is 372. The molecule has 94 valence electrons. The summed E-state index contributed by atoms with van der Waals surface area (Å²) in [6.45, 7) is 2.49. The van der Waals surface area contributed by atoms with Crippen LogP contribution in [0.15, 0.2) is 24.3 Å². The molecular formula is C13H19FN2O. The van der Waals surface area contributed by atoms with Gasteiger partial charge in [-0.1, -0.05) is 12.1 Å². The van der Waals surface area contributed by atoms with Gasteiger partial charge in [-0.3, -0.25) is 0 Å². The minimum Gasteiger partial charge on any atom is -0.376 e. The summed E-state index contributed by atoms with van der Waals surface area (Å²) in [4.78, 5) is 0. The Morgan fingerprint density at radius 3 is 2.82 bits per heavy atom. The molecule has 0 aliphatic carbocycles. The summed E-state index contributed by atoms with van der Waals surface area (Å²) >= 11 is 0. The van der Waals surface area contributed by atoms with Crippen molar-refractivity contribution in [2.24, 2.45) is 5.73 Å². The molecule has 2 rings (SSSR count). The van der Waals surface area contributed by atoms with E-state index in [-0.39, 0.29) is 24.1 Å². The van der Waals surface area contributed by atoms with Gasteiger partial charge >= 0.3 is 0 Å². The van der Waals surface area contributed by atoms with E-state index in [9.17, 15) is 4.39 Å². The molecule has 17 heavy (non-hydrogen) atoms. The third-order valence-corrected chi connectivity index (χ3v) is 3.18. The minimum atomic E-state index is -0.253. The number of anilines is 1. The lowest BCUT2D eigenvalue weighted by Crippen LogP contribution is -2.40. The molecule has 1 aliphatic rings. The standard InChI is InChI=1S/C13H19FN2O/c1-9-6-7-13(17-9)12(8-15)16-11-5-3-2-4-10(11)14/h2-5,9,12-13,16H,6-8,15H2,1H3. The van der Waals surface area contributed by atoms with E-state index in [1.165, 1.54) is 6.07 Å². The van der Waals surface area contributed by atoms with Crippen molar-refractivity contribution in [2.75, 3.05) is 11.9 Å². The first kappa shape index (κ1) is 12.3. The van der Waals surface area contributed by atoms with E-state index in [2.05, 4.69) is 12.2 Å². The summed E-state index contributed by atoms with van der Waals surface area (Å²) in [5, 5.41) is 3.13. The van der Waals surface area contributed by atoms with E-state index >= 15 is 0 Å². The molecule has 0 bridgehead atoms. The SMILES string of the molecule is CC1CCC(C(CN)Nc2ccccc2F)O1. The van der Waals surface area contributed by atoms with Crippen LogP contribution in [0.25, 0.3) is 0 Å². The lowest BCUT2D eigenvalue weighted by Gasteiger charge is -2.24. The average Bonchev–Trinajstić information content (AvgIpc) is 2.75. The number of para-hydroxylation sites is 1. The average molecular weight is 238 g/mol. The third kappa shape index (κ3) is 2.96. The summed E-state index contributed by atoms with van der Waals surface area (Å²) < 4.78 is 19.3. The molecule has 3 nitrogen and oxygen atoms in total. The molecule has 0 saturated carbocycles. The molecule has 1 saturated heterocycles. The van der Waals surface area contributed by atoms with Crippen molar-refractivity contribution in [1.29, 1.82) is 0 Å². The van der Waals surface area contributed by atoms with Crippen LogP contribution in [-0.2, 0) is 4.74 Å². The predicted octanol–water partition coefficient (Wildman–Crippen LogP) is 2.13. The monoisotopic (exact) mass is 238 g/mol. The van der Waals surface area contributed by atoms with E-state index in [1.54, 1.807) is 18.2 Å². The van der Waals surface area contributed by atoms with Gasteiger partial charge in [0.1, 0.15) is 5.82 Å². The molecule has 3 atom stereocenters. The van der Waals surface area contributed by atoms with Crippen LogP contribution in [0.4, 0.5) is 10.1 Å². The Hall–Kier alpha value is -1.13. The van der Waals surface area contributed by atoms with Crippen molar-refractivity contribution in [2.45, 2.75) is 38.0 Å². The second-order valence-electron chi connectivity index (χ2n) is 4.53. The lowest BCUT2D eigenvalue weighted by molar-refractivity contribution is 0.0459. The maximum Gasteiger partial charge on any atom is 0.146 e. The summed E-state index contributed by atoms with van der Waals surface area (Å²) in [6.07, 6.45) is 2.37. The minimum absolute atomic E-state index is 0.0307. The van der Waals surface area contributed by atoms with Crippen LogP contribution in [0, 0.1) is 5.82 Å². The van der Waals surface area contributed by atoms with Gasteiger partial charge in [0.25, 0.3) is 0 Å². The molecule has 1 aliphatic heterocycles. The second kappa shape index (κ2) is 5.47. The van der Waals surface area contributed by atoms with Crippen molar-refractivity contribution in [3.05, 3.63) is 30.1 Å². The van der Waals surface area contributed by atoms with Gasteiger partial charge in [0, 0.05) is 6.54 Å². The lowest BCUT2D eigenvalue weighted by atomic mass is 10.1. The van der Waals surface area contributed by atoms with E-state index in [1.807, 2.05) is 0 Å². The van der Waals surface area contributed by atoms with Gasteiger partial charge in [0.05, 0.1) is 23.9 Å². The van der Waals surface area contributed by atoms with Crippen LogP contribution in [0.2, 0.25) is 0 Å². The zero-order chi connectivity index (χ0) is 12.3. The molecule has 0 spiro atoms. The van der Waals surface area contributed by atoms with Gasteiger partial charge in [-0.05, 0) is 31.9 Å². The smallest absolute Gasteiger partial charge is 0.146 e. The topological polar surface area (TPSA) is 47.3 Å². The first-order chi connectivity index (χ1) is 8.20. The van der Waals surface area contributed by atoms with Gasteiger partial charge in [0.2, 0.25) is 0 Å². The number of halogens is 1. The number of hydrogen-bond acceptors (Lipinski definition) is 3. The fraction of sp³-hybridized carbons (Fsp3) is 0.538. The molecular weight excluding hydrogens is 219 g/mol. The Morgan fingerprint density at radius 2 is 2.24 bits per heavy atom. The Morgan fingerprint density at radius 1 is 1.47 bits per heavy atom. The predicted molar refractivity (Wildman–Crippen MR) is 66.4 cm³/mol. The summed E-state index contributed by atoms with van der Waals surface area (Å²) in [7, 11) is 0. The van der Waals surface area contributed by atoms with Crippen LogP contribution in [0.3, 0.4) is 0 Å². The summed E-state index contributed by atoms with van der Waals surface area (Å²) in [5.74, 6) is -0.253. The maximum absolute atomic E-state index is 13.5. The van der Waals surface area contributed by atoms with Crippen LogP contribution < -0.4 is 11.1 Å². The Balaban J connectivity index is 2.03. The van der Waals surface area contributed by atoms with E-state index in [4.69, 9.17) is 10.5 Å². The van der Waals surface area contributed by atoms with Crippen LogP contribution in [0.1, 0.15) is 19.8 Å². The van der Waals surface area contributed by atoms with Gasteiger partial charge in [-0.15, -0.1) is 0 Å². The fourth-order valence-corrected chi connectivity index (χ4v) is 2.21. The highest BCUT2D eigenvalue weighted by Crippen LogP contribution is 2.24. The first-order valence-electron chi connectivity index (χ1n) is 6.07. The van der Waals surface area contributed by atoms with Crippen LogP contribution >= 0.6 is 0 Å². The second-order valence-corrected chi connectivity index (χ2v) is 4.53. The molecule has 3 N–H and O–H groups in total. The van der Waals surface area contributed by atoms with Crippen molar-refractivity contribution < 1.29 is 9.13 Å². The van der Waals surface area contributed by atoms with Crippen LogP contribution in [0.5, 0.6) is 0 Å². The molecule has 1 aromatic carbocycles. The molecule has 1 fully saturated rings. The normalized spacial score (nSPS) is 25.8. The Labute approximate surface area is 101 Å². The van der Waals surface area contributed by atoms with E-state index in [0.717, 1.165) is 12.8 Å². The van der Waals surface area contributed by atoms with Crippen LogP contribution in [-0.4, -0.2) is 24.8 Å². The van der Waals surface area contributed by atoms with Gasteiger partial charge in [0.15, 0.2) is 0 Å². The maximum atomic E-state index is 13.5. The zero-order valence-electron chi connectivity index (χ0n) is 10.0. The zero-order valence-corrected chi connectivity index (χ0v) is 10.0. The molecule has 0 radical (unpaired) electrons. The number of benzene rings is 1. The van der Waals surface area contributed by atoms with Crippen molar-refractivity contribution in [3.63, 3.8) is 0 Å². The third-order valence-electron chi connectivity index (χ3n) is 3.18. The highest BCUT2D eigenvalue weighted by molar-refractivity contribution is 5.45. The molecule has 0 amide bonds. The summed E-state index contributed by atoms with van der Waals surface area (Å²) in [5.41, 5.74) is 6.22. The highest BCUT2D eigenvalue weighted by Gasteiger charge is 2.29. The van der Waals surface area contributed by atoms with E-state index < -0.39 is 0 Å². The first-order valence-corrected chi connectivity index (χ1v) is 6.07. The van der Waals surface area contributed by atoms with Crippen molar-refractivity contribution >= 4 is 5.69 Å². The number of hydrogen-bond donors (Lipinski definition) is 2. The molecule has 0 aromatic heterocycles. The molecule has 1 aromatic rings. The molecule has 3 unspecified atom stereocenters. The largest absolute Gasteiger partial charge is 0.376 e. The number of rotatable bonds is 4. The van der Waals surface area contributed by atoms with Gasteiger partial charge in [-0.2, -0.15) is 0 Å². The molecule has 1 heterocycles. The number of nitrogens with one attached hydrogen (secondary N) is 1.